The molecule has 2 heterocycles. The van der Waals surface area contributed by atoms with Crippen LogP contribution in [0.4, 0.5) is 17.2 Å². The smallest absolute Gasteiger partial charge is 0.274 e. The van der Waals surface area contributed by atoms with Crippen molar-refractivity contribution < 1.29 is 14.4 Å². The summed E-state index contributed by atoms with van der Waals surface area (Å²) in [4.78, 5) is 14.3. The van der Waals surface area contributed by atoms with Gasteiger partial charge in [-0.05, 0) is 18.2 Å². The maximum Gasteiger partial charge on any atom is 0.274 e. The van der Waals surface area contributed by atoms with E-state index in [1.165, 1.54) is 18.3 Å². The zero-order valence-electron chi connectivity index (χ0n) is 10.4. The minimum Gasteiger partial charge on any atom is -0.467 e. The molecule has 0 amide bonds. The van der Waals surface area contributed by atoms with E-state index in [0.717, 1.165) is 17.0 Å². The summed E-state index contributed by atoms with van der Waals surface area (Å²) in [5.74, 6) is 1.20. The Bertz CT molecular complexity index is 660. The molecule has 2 aromatic rings. The van der Waals surface area contributed by atoms with Crippen LogP contribution >= 0.6 is 0 Å². The van der Waals surface area contributed by atoms with Gasteiger partial charge in [0.15, 0.2) is 6.79 Å². The number of fused-ring (bicyclic) bond motifs is 1. The normalized spacial score (nSPS) is 13.2. The van der Waals surface area contributed by atoms with Crippen LogP contribution in [0.3, 0.4) is 0 Å². The van der Waals surface area contributed by atoms with Crippen molar-refractivity contribution in [3.63, 3.8) is 0 Å². The lowest BCUT2D eigenvalue weighted by atomic mass is 10.2. The Kier molecular flexibility index (Phi) is 3.18. The Morgan fingerprint density at radius 2 is 2.20 bits per heavy atom. The Morgan fingerprint density at radius 3 is 3.05 bits per heavy atom. The van der Waals surface area contributed by atoms with Gasteiger partial charge in [-0.1, -0.05) is 0 Å². The van der Waals surface area contributed by atoms with E-state index in [-0.39, 0.29) is 12.5 Å². The van der Waals surface area contributed by atoms with Gasteiger partial charge in [0, 0.05) is 23.5 Å². The first kappa shape index (κ1) is 12.4. The number of anilines is 2. The van der Waals surface area contributed by atoms with E-state index in [4.69, 9.17) is 9.47 Å². The third-order valence-corrected chi connectivity index (χ3v) is 2.84. The summed E-state index contributed by atoms with van der Waals surface area (Å²) >= 11 is 0. The van der Waals surface area contributed by atoms with Gasteiger partial charge < -0.3 is 14.8 Å². The largest absolute Gasteiger partial charge is 0.467 e. The van der Waals surface area contributed by atoms with Gasteiger partial charge in [0.05, 0.1) is 17.6 Å². The first-order chi connectivity index (χ1) is 9.72. The molecule has 102 valence electrons. The summed E-state index contributed by atoms with van der Waals surface area (Å²) in [6.07, 6.45) is 1.39. The third kappa shape index (κ3) is 2.52. The number of ether oxygens (including phenoxy) is 2. The molecule has 0 saturated heterocycles. The molecule has 0 fully saturated rings. The summed E-state index contributed by atoms with van der Waals surface area (Å²) in [5.41, 5.74) is 1.68. The zero-order chi connectivity index (χ0) is 13.9. The lowest BCUT2D eigenvalue weighted by Crippen LogP contribution is -2.11. The molecule has 1 aliphatic heterocycles. The quantitative estimate of drug-likeness (QED) is 0.683. The molecule has 0 spiro atoms. The van der Waals surface area contributed by atoms with Crippen LogP contribution in [0.15, 0.2) is 36.5 Å². The molecule has 1 aromatic heterocycles. The van der Waals surface area contributed by atoms with Crippen molar-refractivity contribution in [3.05, 3.63) is 52.2 Å². The molecular formula is C13H11N3O4. The monoisotopic (exact) mass is 273 g/mol. The fourth-order valence-electron chi connectivity index (χ4n) is 1.92. The molecule has 0 unspecified atom stereocenters. The molecular weight excluding hydrogens is 262 g/mol. The minimum atomic E-state index is -0.457. The van der Waals surface area contributed by atoms with Gasteiger partial charge in [0.25, 0.3) is 5.69 Å². The third-order valence-electron chi connectivity index (χ3n) is 2.84. The van der Waals surface area contributed by atoms with Gasteiger partial charge in [0.1, 0.15) is 11.6 Å². The molecule has 0 aliphatic carbocycles. The molecule has 0 atom stereocenters. The SMILES string of the molecule is O=[N+]([O-])c1ccnc(Nc2ccc3c(c2)COCO3)c1. The molecule has 7 heteroatoms. The van der Waals surface area contributed by atoms with E-state index in [2.05, 4.69) is 10.3 Å². The summed E-state index contributed by atoms with van der Waals surface area (Å²) < 4.78 is 10.5. The molecule has 0 radical (unpaired) electrons. The van der Waals surface area contributed by atoms with Gasteiger partial charge >= 0.3 is 0 Å². The number of nitro groups is 1. The van der Waals surface area contributed by atoms with Crippen LogP contribution in [-0.4, -0.2) is 16.7 Å². The molecule has 1 aliphatic rings. The van der Waals surface area contributed by atoms with Crippen LogP contribution in [0.2, 0.25) is 0 Å². The fourth-order valence-corrected chi connectivity index (χ4v) is 1.92. The number of benzene rings is 1. The van der Waals surface area contributed by atoms with Gasteiger partial charge in [-0.15, -0.1) is 0 Å². The highest BCUT2D eigenvalue weighted by Crippen LogP contribution is 2.28. The van der Waals surface area contributed by atoms with Crippen molar-refractivity contribution in [2.24, 2.45) is 0 Å². The van der Waals surface area contributed by atoms with Gasteiger partial charge in [-0.3, -0.25) is 10.1 Å². The number of pyridine rings is 1. The lowest BCUT2D eigenvalue weighted by molar-refractivity contribution is -0.384. The average Bonchev–Trinajstić information content (AvgIpc) is 2.47. The fraction of sp³-hybridized carbons (Fsp3) is 0.154. The van der Waals surface area contributed by atoms with Crippen LogP contribution in [-0.2, 0) is 11.3 Å². The Labute approximate surface area is 114 Å². The second kappa shape index (κ2) is 5.14. The van der Waals surface area contributed by atoms with E-state index < -0.39 is 4.92 Å². The molecule has 1 aromatic carbocycles. The van der Waals surface area contributed by atoms with Crippen molar-refractivity contribution in [1.29, 1.82) is 0 Å². The summed E-state index contributed by atoms with van der Waals surface area (Å²) in [6, 6.07) is 8.25. The van der Waals surface area contributed by atoms with Crippen LogP contribution < -0.4 is 10.1 Å². The number of hydrogen-bond acceptors (Lipinski definition) is 6. The number of aromatic nitrogens is 1. The zero-order valence-corrected chi connectivity index (χ0v) is 10.4. The standard InChI is InChI=1S/C13H11N3O4/c17-16(18)11-3-4-14-13(6-11)15-10-1-2-12-9(5-10)7-19-8-20-12/h1-6H,7-8H2,(H,14,15). The Morgan fingerprint density at radius 1 is 1.30 bits per heavy atom. The topological polar surface area (TPSA) is 86.5 Å². The number of hydrogen-bond donors (Lipinski definition) is 1. The summed E-state index contributed by atoms with van der Waals surface area (Å²) in [7, 11) is 0. The molecule has 0 bridgehead atoms. The Hall–Kier alpha value is -2.67. The highest BCUT2D eigenvalue weighted by molar-refractivity contribution is 5.61. The molecule has 0 saturated carbocycles. The van der Waals surface area contributed by atoms with Crippen molar-refractivity contribution >= 4 is 17.2 Å². The second-order valence-corrected chi connectivity index (χ2v) is 4.21. The summed E-state index contributed by atoms with van der Waals surface area (Å²) in [5, 5.41) is 13.7. The second-order valence-electron chi connectivity index (χ2n) is 4.21. The van der Waals surface area contributed by atoms with Crippen molar-refractivity contribution in [2.75, 3.05) is 12.1 Å². The maximum atomic E-state index is 10.7. The molecule has 7 nitrogen and oxygen atoms in total. The van der Waals surface area contributed by atoms with Crippen molar-refractivity contribution in [3.8, 4) is 5.75 Å². The van der Waals surface area contributed by atoms with Gasteiger partial charge in [0.2, 0.25) is 0 Å². The van der Waals surface area contributed by atoms with E-state index in [0.29, 0.717) is 12.4 Å². The van der Waals surface area contributed by atoms with Crippen molar-refractivity contribution in [2.45, 2.75) is 6.61 Å². The van der Waals surface area contributed by atoms with Gasteiger partial charge in [-0.2, -0.15) is 0 Å². The summed E-state index contributed by atoms with van der Waals surface area (Å²) in [6.45, 7) is 0.736. The highest BCUT2D eigenvalue weighted by Gasteiger charge is 2.12. The minimum absolute atomic E-state index is 0.00729. The van der Waals surface area contributed by atoms with E-state index in [9.17, 15) is 10.1 Å². The van der Waals surface area contributed by atoms with Crippen molar-refractivity contribution in [1.82, 2.24) is 4.98 Å². The number of nitrogens with one attached hydrogen (secondary N) is 1. The van der Waals surface area contributed by atoms with Gasteiger partial charge in [-0.25, -0.2) is 4.98 Å². The molecule has 20 heavy (non-hydrogen) atoms. The lowest BCUT2D eigenvalue weighted by Gasteiger charge is -2.18. The average molecular weight is 273 g/mol. The highest BCUT2D eigenvalue weighted by atomic mass is 16.7. The maximum absolute atomic E-state index is 10.7. The van der Waals surface area contributed by atoms with E-state index in [1.807, 2.05) is 18.2 Å². The van der Waals surface area contributed by atoms with E-state index in [1.54, 1.807) is 0 Å². The first-order valence-electron chi connectivity index (χ1n) is 5.93. The Balaban J connectivity index is 1.84. The predicted octanol–water partition coefficient (Wildman–Crippen LogP) is 2.60. The number of nitrogens with zero attached hydrogens (tertiary/aromatic N) is 2. The molecule has 1 N–H and O–H groups in total. The molecule has 3 rings (SSSR count). The van der Waals surface area contributed by atoms with Crippen LogP contribution in [0.25, 0.3) is 0 Å². The van der Waals surface area contributed by atoms with Crippen LogP contribution in [0.5, 0.6) is 5.75 Å². The number of rotatable bonds is 3. The predicted molar refractivity (Wildman–Crippen MR) is 70.9 cm³/mol. The first-order valence-corrected chi connectivity index (χ1v) is 5.93. The van der Waals surface area contributed by atoms with Crippen LogP contribution in [0, 0.1) is 10.1 Å². The van der Waals surface area contributed by atoms with Crippen LogP contribution in [0.1, 0.15) is 5.56 Å². The van der Waals surface area contributed by atoms with E-state index >= 15 is 0 Å².